The Balaban J connectivity index is 1.82. The van der Waals surface area contributed by atoms with Crippen LogP contribution in [0.25, 0.3) is 0 Å². The van der Waals surface area contributed by atoms with E-state index in [1.54, 1.807) is 4.90 Å². The number of benzene rings is 1. The van der Waals surface area contributed by atoms with Crippen LogP contribution in [0.3, 0.4) is 0 Å². The van der Waals surface area contributed by atoms with Gasteiger partial charge in [0.2, 0.25) is 0 Å². The van der Waals surface area contributed by atoms with Crippen molar-refractivity contribution in [2.75, 3.05) is 45.9 Å². The number of aryl methyl sites for hydroxylation is 1. The third-order valence-corrected chi connectivity index (χ3v) is 4.90. The quantitative estimate of drug-likeness (QED) is 0.784. The molecule has 1 atom stereocenters. The molecule has 1 amide bonds. The molecule has 1 heterocycles. The lowest BCUT2D eigenvalue weighted by Gasteiger charge is -2.32. The maximum absolute atomic E-state index is 11.7. The van der Waals surface area contributed by atoms with Gasteiger partial charge < -0.3 is 19.5 Å². The summed E-state index contributed by atoms with van der Waals surface area (Å²) in [6, 6.07) is 6.19. The number of nitrogens with one attached hydrogen (secondary N) is 1. The van der Waals surface area contributed by atoms with Crippen molar-refractivity contribution in [1.29, 1.82) is 0 Å². The number of ether oxygens (including phenoxy) is 2. The predicted octanol–water partition coefficient (Wildman–Crippen LogP) is 1.39. The Labute approximate surface area is 163 Å². The van der Waals surface area contributed by atoms with Gasteiger partial charge in [-0.05, 0) is 30.9 Å². The lowest BCUT2D eigenvalue weighted by molar-refractivity contribution is -0.907. The van der Waals surface area contributed by atoms with Gasteiger partial charge in [-0.2, -0.15) is 0 Å². The normalized spacial score (nSPS) is 16.9. The maximum Gasteiger partial charge on any atom is 0.410 e. The van der Waals surface area contributed by atoms with E-state index in [2.05, 4.69) is 33.8 Å². The number of carbonyl (C=O) groups is 1. The molecule has 0 radical (unpaired) electrons. The number of amides is 1. The molecule has 1 fully saturated rings. The van der Waals surface area contributed by atoms with E-state index in [4.69, 9.17) is 9.47 Å². The fraction of sp³-hybridized carbons (Fsp3) is 0.667. The summed E-state index contributed by atoms with van der Waals surface area (Å²) in [4.78, 5) is 14.8. The van der Waals surface area contributed by atoms with Crippen molar-refractivity contribution >= 4 is 6.09 Å². The molecule has 1 aromatic rings. The molecule has 0 aromatic heterocycles. The van der Waals surface area contributed by atoms with Gasteiger partial charge in [0.1, 0.15) is 25.0 Å². The number of piperazine rings is 1. The molecule has 2 N–H and O–H groups in total. The molecule has 6 heteroatoms. The van der Waals surface area contributed by atoms with Crippen LogP contribution in [0, 0.1) is 6.92 Å². The van der Waals surface area contributed by atoms with Gasteiger partial charge in [0.15, 0.2) is 0 Å². The molecule has 0 unspecified atom stereocenters. The molecule has 1 aliphatic heterocycles. The molecule has 6 nitrogen and oxygen atoms in total. The van der Waals surface area contributed by atoms with Gasteiger partial charge in [-0.1, -0.05) is 38.5 Å². The second-order valence-electron chi connectivity index (χ2n) is 8.35. The molecular formula is C21H35N2O4+. The van der Waals surface area contributed by atoms with Gasteiger partial charge in [0.05, 0.1) is 32.8 Å². The minimum absolute atomic E-state index is 0.0129. The first-order valence-electron chi connectivity index (χ1n) is 9.88. The SMILES string of the molecule is CCOC(=O)N1CC[NH+](C[C@@H](O)COc2ccc(C)cc2C(C)(C)C)CC1. The van der Waals surface area contributed by atoms with Crippen molar-refractivity contribution in [1.82, 2.24) is 4.90 Å². The van der Waals surface area contributed by atoms with Crippen LogP contribution < -0.4 is 9.64 Å². The molecule has 152 valence electrons. The highest BCUT2D eigenvalue weighted by atomic mass is 16.6. The summed E-state index contributed by atoms with van der Waals surface area (Å²) in [5.74, 6) is 0.842. The monoisotopic (exact) mass is 379 g/mol. The summed E-state index contributed by atoms with van der Waals surface area (Å²) in [5, 5.41) is 10.4. The van der Waals surface area contributed by atoms with Crippen LogP contribution >= 0.6 is 0 Å². The number of aliphatic hydroxyl groups is 1. The van der Waals surface area contributed by atoms with Gasteiger partial charge in [0, 0.05) is 0 Å². The zero-order valence-corrected chi connectivity index (χ0v) is 17.4. The lowest BCUT2D eigenvalue weighted by Crippen LogP contribution is -3.16. The van der Waals surface area contributed by atoms with Crippen LogP contribution in [-0.4, -0.2) is 68.1 Å². The minimum atomic E-state index is -0.539. The van der Waals surface area contributed by atoms with E-state index in [0.29, 0.717) is 26.2 Å². The fourth-order valence-corrected chi connectivity index (χ4v) is 3.36. The van der Waals surface area contributed by atoms with E-state index >= 15 is 0 Å². The first-order valence-corrected chi connectivity index (χ1v) is 9.88. The van der Waals surface area contributed by atoms with Crippen molar-refractivity contribution < 1.29 is 24.3 Å². The van der Waals surface area contributed by atoms with Gasteiger partial charge in [0.25, 0.3) is 0 Å². The Morgan fingerprint density at radius 3 is 2.56 bits per heavy atom. The number of rotatable bonds is 6. The summed E-state index contributed by atoms with van der Waals surface area (Å²) in [6.07, 6.45) is -0.780. The number of quaternary nitrogens is 1. The zero-order valence-electron chi connectivity index (χ0n) is 17.4. The molecule has 0 spiro atoms. The number of nitrogens with zero attached hydrogens (tertiary/aromatic N) is 1. The Hall–Kier alpha value is -1.79. The van der Waals surface area contributed by atoms with Gasteiger partial charge in [-0.15, -0.1) is 0 Å². The summed E-state index contributed by atoms with van der Waals surface area (Å²) in [6.45, 7) is 14.6. The van der Waals surface area contributed by atoms with Crippen molar-refractivity contribution in [2.24, 2.45) is 0 Å². The van der Waals surface area contributed by atoms with Crippen LogP contribution in [-0.2, 0) is 10.2 Å². The summed E-state index contributed by atoms with van der Waals surface area (Å²) in [5.41, 5.74) is 2.35. The van der Waals surface area contributed by atoms with Crippen molar-refractivity contribution in [3.63, 3.8) is 0 Å². The van der Waals surface area contributed by atoms with Crippen molar-refractivity contribution in [3.8, 4) is 5.75 Å². The topological polar surface area (TPSA) is 63.4 Å². The Bertz CT molecular complexity index is 619. The molecule has 2 rings (SSSR count). The number of carbonyl (C=O) groups excluding carboxylic acids is 1. The Morgan fingerprint density at radius 2 is 1.96 bits per heavy atom. The molecule has 0 bridgehead atoms. The van der Waals surface area contributed by atoms with Gasteiger partial charge in [-0.25, -0.2) is 4.79 Å². The minimum Gasteiger partial charge on any atom is -0.490 e. The van der Waals surface area contributed by atoms with E-state index < -0.39 is 6.10 Å². The van der Waals surface area contributed by atoms with Crippen LogP contribution in [0.15, 0.2) is 18.2 Å². The number of hydrogen-bond donors (Lipinski definition) is 2. The maximum atomic E-state index is 11.7. The fourth-order valence-electron chi connectivity index (χ4n) is 3.36. The number of hydrogen-bond acceptors (Lipinski definition) is 4. The van der Waals surface area contributed by atoms with E-state index in [1.165, 1.54) is 10.5 Å². The number of aliphatic hydroxyl groups excluding tert-OH is 1. The van der Waals surface area contributed by atoms with E-state index in [-0.39, 0.29) is 18.1 Å². The van der Waals surface area contributed by atoms with Crippen molar-refractivity contribution in [2.45, 2.75) is 46.1 Å². The highest BCUT2D eigenvalue weighted by Gasteiger charge is 2.26. The molecule has 27 heavy (non-hydrogen) atoms. The molecule has 1 saturated heterocycles. The highest BCUT2D eigenvalue weighted by molar-refractivity contribution is 5.67. The summed E-state index contributed by atoms with van der Waals surface area (Å²) >= 11 is 0. The highest BCUT2D eigenvalue weighted by Crippen LogP contribution is 2.32. The first-order chi connectivity index (χ1) is 12.7. The molecular weight excluding hydrogens is 344 g/mol. The average molecular weight is 380 g/mol. The molecule has 1 aromatic carbocycles. The Morgan fingerprint density at radius 1 is 1.30 bits per heavy atom. The third-order valence-electron chi connectivity index (χ3n) is 4.90. The second kappa shape index (κ2) is 9.42. The van der Waals surface area contributed by atoms with Crippen LogP contribution in [0.5, 0.6) is 5.75 Å². The average Bonchev–Trinajstić information content (AvgIpc) is 2.60. The molecule has 1 aliphatic rings. The predicted molar refractivity (Wildman–Crippen MR) is 106 cm³/mol. The van der Waals surface area contributed by atoms with Crippen LogP contribution in [0.2, 0.25) is 0 Å². The standard InChI is InChI=1S/C21H34N2O4/c1-6-26-20(25)23-11-9-22(10-12-23)14-17(24)15-27-19-8-7-16(2)13-18(19)21(3,4)5/h7-8,13,17,24H,6,9-12,14-15H2,1-5H3/p+1/t17-/m1/s1. The van der Waals surface area contributed by atoms with E-state index in [1.807, 2.05) is 19.1 Å². The van der Waals surface area contributed by atoms with Crippen LogP contribution in [0.4, 0.5) is 4.79 Å². The third kappa shape index (κ3) is 6.40. The summed E-state index contributed by atoms with van der Waals surface area (Å²) < 4.78 is 11.0. The summed E-state index contributed by atoms with van der Waals surface area (Å²) in [7, 11) is 0. The largest absolute Gasteiger partial charge is 0.490 e. The molecule has 0 saturated carbocycles. The van der Waals surface area contributed by atoms with Crippen LogP contribution in [0.1, 0.15) is 38.8 Å². The zero-order chi connectivity index (χ0) is 20.0. The first kappa shape index (κ1) is 21.5. The van der Waals surface area contributed by atoms with Crippen molar-refractivity contribution in [3.05, 3.63) is 29.3 Å². The smallest absolute Gasteiger partial charge is 0.410 e. The second-order valence-corrected chi connectivity index (χ2v) is 8.35. The lowest BCUT2D eigenvalue weighted by atomic mass is 9.85. The van der Waals surface area contributed by atoms with Gasteiger partial charge >= 0.3 is 6.09 Å². The van der Waals surface area contributed by atoms with Gasteiger partial charge in [-0.3, -0.25) is 4.90 Å². The Kier molecular flexibility index (Phi) is 7.50. The van der Waals surface area contributed by atoms with E-state index in [9.17, 15) is 9.90 Å². The molecule has 0 aliphatic carbocycles. The van der Waals surface area contributed by atoms with E-state index in [0.717, 1.165) is 24.4 Å².